The predicted molar refractivity (Wildman–Crippen MR) is 108 cm³/mol. The molecule has 4 heterocycles. The van der Waals surface area contributed by atoms with Gasteiger partial charge in [-0.2, -0.15) is 9.37 Å². The molecule has 1 N–H and O–H groups in total. The Morgan fingerprint density at radius 3 is 2.63 bits per heavy atom. The Hall–Kier alpha value is -3.30. The summed E-state index contributed by atoms with van der Waals surface area (Å²) in [5.41, 5.74) is 0.415. The van der Waals surface area contributed by atoms with Crippen molar-refractivity contribution in [3.05, 3.63) is 36.0 Å². The molecule has 1 saturated heterocycles. The minimum atomic E-state index is -0.571. The van der Waals surface area contributed by atoms with E-state index in [0.29, 0.717) is 43.5 Å². The number of nitrogens with one attached hydrogen (secondary N) is 1. The lowest BCUT2D eigenvalue weighted by Crippen LogP contribution is -2.49. The molecule has 0 aromatic carbocycles. The number of rotatable bonds is 4. The minimum Gasteiger partial charge on any atom is -0.443 e. The van der Waals surface area contributed by atoms with Gasteiger partial charge < -0.3 is 19.5 Å². The summed E-state index contributed by atoms with van der Waals surface area (Å²) in [5, 5.41) is 4.23. The monoisotopic (exact) mass is 411 g/mol. The molecular weight excluding hydrogens is 389 g/mol. The summed E-state index contributed by atoms with van der Waals surface area (Å²) in [6, 6.07) is 3.18. The molecule has 1 saturated carbocycles. The molecular formula is C20H22FN7O2. The number of hydrogen-bond acceptors (Lipinski definition) is 8. The van der Waals surface area contributed by atoms with Gasteiger partial charge in [0.15, 0.2) is 0 Å². The van der Waals surface area contributed by atoms with Crippen LogP contribution in [0.25, 0.3) is 11.1 Å². The highest BCUT2D eigenvalue weighted by Crippen LogP contribution is 2.39. The van der Waals surface area contributed by atoms with Crippen molar-refractivity contribution < 1.29 is 13.6 Å². The van der Waals surface area contributed by atoms with Crippen LogP contribution < -0.4 is 10.2 Å². The molecule has 0 spiro atoms. The molecule has 0 radical (unpaired) electrons. The zero-order valence-electron chi connectivity index (χ0n) is 16.9. The second-order valence-corrected chi connectivity index (χ2v) is 8.14. The minimum absolute atomic E-state index is 0.00517. The van der Waals surface area contributed by atoms with Gasteiger partial charge in [-0.05, 0) is 32.8 Å². The van der Waals surface area contributed by atoms with E-state index in [2.05, 4.69) is 32.2 Å². The number of amides is 1. The van der Waals surface area contributed by atoms with Gasteiger partial charge in [0.25, 0.3) is 5.91 Å². The molecule has 0 unspecified atom stereocenters. The summed E-state index contributed by atoms with van der Waals surface area (Å²) in [6.45, 7) is 5.97. The lowest BCUT2D eigenvalue weighted by Gasteiger charge is -2.34. The highest BCUT2D eigenvalue weighted by atomic mass is 19.1. The van der Waals surface area contributed by atoms with Crippen molar-refractivity contribution >= 4 is 28.6 Å². The second kappa shape index (κ2) is 6.89. The zero-order chi connectivity index (χ0) is 20.9. The topological polar surface area (TPSA) is 100 Å². The Morgan fingerprint density at radius 2 is 1.93 bits per heavy atom. The average Bonchev–Trinajstić information content (AvgIpc) is 3.33. The van der Waals surface area contributed by atoms with E-state index in [0.717, 1.165) is 24.0 Å². The molecule has 1 aliphatic carbocycles. The van der Waals surface area contributed by atoms with Crippen LogP contribution in [0.1, 0.15) is 36.1 Å². The number of anilines is 2. The van der Waals surface area contributed by atoms with Crippen molar-refractivity contribution in [1.29, 1.82) is 0 Å². The Kier molecular flexibility index (Phi) is 4.30. The van der Waals surface area contributed by atoms with Crippen LogP contribution in [0, 0.1) is 12.9 Å². The molecule has 10 heteroatoms. The second-order valence-electron chi connectivity index (χ2n) is 8.14. The highest BCUT2D eigenvalue weighted by Gasteiger charge is 2.38. The SMILES string of the molecule is Cc1cc2c(NC3(C)CC3)nc(C(=O)N3CCN(c4cc(F)ncn4)CC3)nc2o1. The Balaban J connectivity index is 1.36. The largest absolute Gasteiger partial charge is 0.443 e. The maximum absolute atomic E-state index is 13.4. The van der Waals surface area contributed by atoms with Crippen LogP contribution in [0.15, 0.2) is 22.9 Å². The molecule has 3 aromatic rings. The quantitative estimate of drug-likeness (QED) is 0.653. The number of piperazine rings is 1. The molecule has 0 atom stereocenters. The molecule has 5 rings (SSSR count). The van der Waals surface area contributed by atoms with E-state index in [-0.39, 0.29) is 17.3 Å². The number of aromatic nitrogens is 4. The van der Waals surface area contributed by atoms with Crippen molar-refractivity contribution in [3.8, 4) is 0 Å². The number of hydrogen-bond donors (Lipinski definition) is 1. The van der Waals surface area contributed by atoms with Crippen LogP contribution in [0.5, 0.6) is 0 Å². The van der Waals surface area contributed by atoms with Gasteiger partial charge in [-0.1, -0.05) is 0 Å². The zero-order valence-corrected chi connectivity index (χ0v) is 16.9. The van der Waals surface area contributed by atoms with Gasteiger partial charge in [0.1, 0.15) is 23.7 Å². The van der Waals surface area contributed by atoms with Crippen molar-refractivity contribution in [1.82, 2.24) is 24.8 Å². The first-order valence-electron chi connectivity index (χ1n) is 9.98. The third kappa shape index (κ3) is 3.53. The Bertz CT molecular complexity index is 1120. The van der Waals surface area contributed by atoms with Crippen LogP contribution >= 0.6 is 0 Å². The van der Waals surface area contributed by atoms with Crippen LogP contribution in [0.3, 0.4) is 0 Å². The van der Waals surface area contributed by atoms with E-state index in [1.165, 1.54) is 12.4 Å². The fraction of sp³-hybridized carbons (Fsp3) is 0.450. The average molecular weight is 411 g/mol. The number of carbonyl (C=O) groups is 1. The first-order valence-corrected chi connectivity index (χ1v) is 9.98. The molecule has 0 bridgehead atoms. The molecule has 156 valence electrons. The predicted octanol–water partition coefficient (Wildman–Crippen LogP) is 2.39. The van der Waals surface area contributed by atoms with E-state index >= 15 is 0 Å². The number of fused-ring (bicyclic) bond motifs is 1. The third-order valence-electron chi connectivity index (χ3n) is 5.64. The molecule has 2 fully saturated rings. The summed E-state index contributed by atoms with van der Waals surface area (Å²) >= 11 is 0. The van der Waals surface area contributed by atoms with E-state index in [1.54, 1.807) is 4.90 Å². The Labute approximate surface area is 172 Å². The summed E-state index contributed by atoms with van der Waals surface area (Å²) in [5.74, 6) is 1.17. The number of furan rings is 1. The van der Waals surface area contributed by atoms with Crippen molar-refractivity contribution in [2.45, 2.75) is 32.2 Å². The standard InChI is InChI=1S/C20H22FN7O2/c1-12-9-13-16(26-20(2)3-4-20)24-17(25-18(13)30-12)19(29)28-7-5-27(6-8-28)15-10-14(21)22-11-23-15/h9-11H,3-8H2,1-2H3,(H,24,25,26). The van der Waals surface area contributed by atoms with Crippen molar-refractivity contribution in [2.75, 3.05) is 36.4 Å². The molecule has 2 aliphatic rings. The van der Waals surface area contributed by atoms with Gasteiger partial charge in [-0.25, -0.2) is 15.0 Å². The molecule has 9 nitrogen and oxygen atoms in total. The fourth-order valence-electron chi connectivity index (χ4n) is 3.61. The summed E-state index contributed by atoms with van der Waals surface area (Å²) in [7, 11) is 0. The van der Waals surface area contributed by atoms with E-state index in [4.69, 9.17) is 4.42 Å². The lowest BCUT2D eigenvalue weighted by atomic mass is 10.2. The van der Waals surface area contributed by atoms with Gasteiger partial charge in [-0.15, -0.1) is 0 Å². The molecule has 3 aromatic heterocycles. The van der Waals surface area contributed by atoms with E-state index < -0.39 is 5.95 Å². The lowest BCUT2D eigenvalue weighted by molar-refractivity contribution is 0.0734. The van der Waals surface area contributed by atoms with Gasteiger partial charge in [0.05, 0.1) is 5.39 Å². The van der Waals surface area contributed by atoms with Crippen LogP contribution in [0.4, 0.5) is 16.0 Å². The van der Waals surface area contributed by atoms with Crippen molar-refractivity contribution in [3.63, 3.8) is 0 Å². The molecule has 30 heavy (non-hydrogen) atoms. The highest BCUT2D eigenvalue weighted by molar-refractivity contribution is 5.95. The number of nitrogens with zero attached hydrogens (tertiary/aromatic N) is 6. The number of carbonyl (C=O) groups excluding carboxylic acids is 1. The number of aryl methyl sites for hydroxylation is 1. The maximum atomic E-state index is 13.4. The summed E-state index contributed by atoms with van der Waals surface area (Å²) < 4.78 is 19.1. The smallest absolute Gasteiger partial charge is 0.291 e. The first kappa shape index (κ1) is 18.7. The number of halogens is 1. The normalized spacial score (nSPS) is 18.0. The van der Waals surface area contributed by atoms with Crippen LogP contribution in [-0.4, -0.2) is 62.5 Å². The Morgan fingerprint density at radius 1 is 1.17 bits per heavy atom. The summed E-state index contributed by atoms with van der Waals surface area (Å²) in [4.78, 5) is 33.2. The fourth-order valence-corrected chi connectivity index (χ4v) is 3.61. The maximum Gasteiger partial charge on any atom is 0.291 e. The summed E-state index contributed by atoms with van der Waals surface area (Å²) in [6.07, 6.45) is 3.32. The van der Waals surface area contributed by atoms with Gasteiger partial charge in [0, 0.05) is 37.8 Å². The van der Waals surface area contributed by atoms with Crippen LogP contribution in [0.2, 0.25) is 0 Å². The van der Waals surface area contributed by atoms with Gasteiger partial charge in [0.2, 0.25) is 17.5 Å². The van der Waals surface area contributed by atoms with E-state index in [1.807, 2.05) is 17.9 Å². The third-order valence-corrected chi connectivity index (χ3v) is 5.64. The van der Waals surface area contributed by atoms with Crippen LogP contribution in [-0.2, 0) is 0 Å². The van der Waals surface area contributed by atoms with E-state index in [9.17, 15) is 9.18 Å². The van der Waals surface area contributed by atoms with Gasteiger partial charge >= 0.3 is 0 Å². The van der Waals surface area contributed by atoms with Gasteiger partial charge in [-0.3, -0.25) is 4.79 Å². The molecule has 1 amide bonds. The van der Waals surface area contributed by atoms with Crippen molar-refractivity contribution in [2.24, 2.45) is 0 Å². The first-order chi connectivity index (χ1) is 14.4. The molecule has 1 aliphatic heterocycles.